The highest BCUT2D eigenvalue weighted by Gasteiger charge is 2.23. The quantitative estimate of drug-likeness (QED) is 0.205. The highest BCUT2D eigenvalue weighted by Crippen LogP contribution is 2.33. The third kappa shape index (κ3) is 5.62. The minimum atomic E-state index is 0.467. The molecule has 0 aliphatic heterocycles. The van der Waals surface area contributed by atoms with Gasteiger partial charge in [0.25, 0.3) is 0 Å². The van der Waals surface area contributed by atoms with E-state index in [1.807, 2.05) is 0 Å². The van der Waals surface area contributed by atoms with Gasteiger partial charge in [-0.05, 0) is 25.7 Å². The van der Waals surface area contributed by atoms with Crippen molar-refractivity contribution in [3.05, 3.63) is 0 Å². The predicted octanol–water partition coefficient (Wildman–Crippen LogP) is 1.38. The zero-order chi connectivity index (χ0) is 11.1. The number of aliphatic imine (C=N–C) groups is 1. The molecule has 0 aromatic heterocycles. The van der Waals surface area contributed by atoms with E-state index in [1.54, 1.807) is 0 Å². The van der Waals surface area contributed by atoms with Gasteiger partial charge in [0.05, 0.1) is 0 Å². The summed E-state index contributed by atoms with van der Waals surface area (Å²) in [6.07, 6.45) is 6.30. The van der Waals surface area contributed by atoms with Gasteiger partial charge in [0.15, 0.2) is 0 Å². The van der Waals surface area contributed by atoms with Crippen molar-refractivity contribution < 1.29 is 0 Å². The largest absolute Gasteiger partial charge is 0.353 e. The molecular weight excluding hydrogens is 188 g/mol. The molecule has 1 fully saturated rings. The van der Waals surface area contributed by atoms with Crippen molar-refractivity contribution in [1.29, 1.82) is 0 Å². The third-order valence-electron chi connectivity index (χ3n) is 2.69. The van der Waals surface area contributed by atoms with E-state index in [2.05, 4.69) is 29.6 Å². The van der Waals surface area contributed by atoms with Crippen LogP contribution < -0.4 is 16.6 Å². The van der Waals surface area contributed by atoms with Gasteiger partial charge in [-0.1, -0.05) is 26.2 Å². The fourth-order valence-corrected chi connectivity index (χ4v) is 1.63. The van der Waals surface area contributed by atoms with Crippen LogP contribution in [-0.4, -0.2) is 18.5 Å². The van der Waals surface area contributed by atoms with Gasteiger partial charge < -0.3 is 5.32 Å². The van der Waals surface area contributed by atoms with E-state index in [1.165, 1.54) is 25.7 Å². The van der Waals surface area contributed by atoms with Gasteiger partial charge in [0.1, 0.15) is 0 Å². The van der Waals surface area contributed by atoms with Crippen LogP contribution in [0.4, 0.5) is 0 Å². The summed E-state index contributed by atoms with van der Waals surface area (Å²) in [7, 11) is 0. The molecule has 1 saturated carbocycles. The Hall–Kier alpha value is -0.770. The Morgan fingerprint density at radius 1 is 1.53 bits per heavy atom. The molecule has 1 aliphatic rings. The second-order valence-electron chi connectivity index (χ2n) is 4.45. The lowest BCUT2D eigenvalue weighted by atomic mass is 10.2. The van der Waals surface area contributed by atoms with Crippen LogP contribution in [0.2, 0.25) is 0 Å². The number of guanidine groups is 1. The molecule has 0 heterocycles. The van der Waals surface area contributed by atoms with Gasteiger partial charge in [-0.15, -0.1) is 0 Å². The SMILES string of the molecule is CCCCN=C(NN)NC(C)CC1CC1. The van der Waals surface area contributed by atoms with Crippen molar-refractivity contribution in [3.8, 4) is 0 Å². The zero-order valence-electron chi connectivity index (χ0n) is 9.92. The molecule has 0 spiro atoms. The number of hydrogen-bond donors (Lipinski definition) is 3. The first-order valence-electron chi connectivity index (χ1n) is 6.03. The summed E-state index contributed by atoms with van der Waals surface area (Å²) >= 11 is 0. The summed E-state index contributed by atoms with van der Waals surface area (Å²) in [5.41, 5.74) is 2.62. The maximum Gasteiger partial charge on any atom is 0.205 e. The third-order valence-corrected chi connectivity index (χ3v) is 2.69. The van der Waals surface area contributed by atoms with E-state index in [0.717, 1.165) is 24.8 Å². The molecule has 1 atom stereocenters. The van der Waals surface area contributed by atoms with Gasteiger partial charge in [-0.3, -0.25) is 10.4 Å². The summed E-state index contributed by atoms with van der Waals surface area (Å²) < 4.78 is 0. The number of rotatable bonds is 6. The predicted molar refractivity (Wildman–Crippen MR) is 64.5 cm³/mol. The first kappa shape index (κ1) is 12.3. The Balaban J connectivity index is 2.20. The van der Waals surface area contributed by atoms with Crippen LogP contribution in [-0.2, 0) is 0 Å². The van der Waals surface area contributed by atoms with Gasteiger partial charge >= 0.3 is 0 Å². The number of nitrogens with one attached hydrogen (secondary N) is 2. The molecule has 1 rings (SSSR count). The summed E-state index contributed by atoms with van der Waals surface area (Å²) in [6.45, 7) is 5.19. The van der Waals surface area contributed by atoms with E-state index in [-0.39, 0.29) is 0 Å². The van der Waals surface area contributed by atoms with Crippen molar-refractivity contribution in [3.63, 3.8) is 0 Å². The molecule has 88 valence electrons. The van der Waals surface area contributed by atoms with Crippen molar-refractivity contribution in [2.24, 2.45) is 16.8 Å². The summed E-state index contributed by atoms with van der Waals surface area (Å²) in [5.74, 6) is 7.07. The van der Waals surface area contributed by atoms with E-state index >= 15 is 0 Å². The second-order valence-corrected chi connectivity index (χ2v) is 4.45. The standard InChI is InChI=1S/C11H24N4/c1-3-4-7-13-11(15-12)14-9(2)8-10-5-6-10/h9-10H,3-8,12H2,1-2H3,(H2,13,14,15). The minimum absolute atomic E-state index is 0.467. The average Bonchev–Trinajstić information content (AvgIpc) is 3.00. The van der Waals surface area contributed by atoms with Crippen molar-refractivity contribution >= 4 is 5.96 Å². The molecule has 1 aliphatic carbocycles. The Morgan fingerprint density at radius 2 is 2.27 bits per heavy atom. The minimum Gasteiger partial charge on any atom is -0.353 e. The summed E-state index contributed by atoms with van der Waals surface area (Å²) in [5, 5.41) is 3.31. The molecular formula is C11H24N4. The lowest BCUT2D eigenvalue weighted by Crippen LogP contribution is -2.45. The second kappa shape index (κ2) is 6.67. The highest BCUT2D eigenvalue weighted by atomic mass is 15.3. The Morgan fingerprint density at radius 3 is 2.80 bits per heavy atom. The van der Waals surface area contributed by atoms with Gasteiger partial charge in [-0.25, -0.2) is 5.84 Å². The molecule has 0 aromatic carbocycles. The fourth-order valence-electron chi connectivity index (χ4n) is 1.63. The smallest absolute Gasteiger partial charge is 0.205 e. The van der Waals surface area contributed by atoms with Crippen LogP contribution in [0.25, 0.3) is 0 Å². The Bertz CT molecular complexity index is 199. The Labute approximate surface area is 92.7 Å². The van der Waals surface area contributed by atoms with Crippen LogP contribution in [0.3, 0.4) is 0 Å². The summed E-state index contributed by atoms with van der Waals surface area (Å²) in [6, 6.07) is 0.467. The molecule has 15 heavy (non-hydrogen) atoms. The number of hydrazine groups is 1. The van der Waals surface area contributed by atoms with Gasteiger partial charge in [0, 0.05) is 12.6 Å². The van der Waals surface area contributed by atoms with Crippen LogP contribution >= 0.6 is 0 Å². The molecule has 0 amide bonds. The maximum atomic E-state index is 5.41. The number of hydrogen-bond acceptors (Lipinski definition) is 2. The maximum absolute atomic E-state index is 5.41. The van der Waals surface area contributed by atoms with Crippen LogP contribution in [0, 0.1) is 5.92 Å². The Kier molecular flexibility index (Phi) is 5.47. The number of unbranched alkanes of at least 4 members (excludes halogenated alkanes) is 1. The van der Waals surface area contributed by atoms with Crippen molar-refractivity contribution in [2.45, 2.75) is 52.0 Å². The lowest BCUT2D eigenvalue weighted by molar-refractivity contribution is 0.553. The molecule has 0 radical (unpaired) electrons. The van der Waals surface area contributed by atoms with E-state index < -0.39 is 0 Å². The molecule has 4 nitrogen and oxygen atoms in total. The number of nitrogens with two attached hydrogens (primary N) is 1. The van der Waals surface area contributed by atoms with Crippen molar-refractivity contribution in [2.75, 3.05) is 6.54 Å². The lowest BCUT2D eigenvalue weighted by Gasteiger charge is -2.16. The average molecular weight is 212 g/mol. The monoisotopic (exact) mass is 212 g/mol. The normalized spacial score (nSPS) is 18.7. The van der Waals surface area contributed by atoms with Gasteiger partial charge in [0.2, 0.25) is 5.96 Å². The molecule has 4 N–H and O–H groups in total. The van der Waals surface area contributed by atoms with Gasteiger partial charge in [-0.2, -0.15) is 0 Å². The van der Waals surface area contributed by atoms with E-state index in [9.17, 15) is 0 Å². The topological polar surface area (TPSA) is 62.4 Å². The first-order chi connectivity index (χ1) is 7.26. The molecule has 4 heteroatoms. The highest BCUT2D eigenvalue weighted by molar-refractivity contribution is 5.79. The summed E-state index contributed by atoms with van der Waals surface area (Å²) in [4.78, 5) is 4.37. The molecule has 1 unspecified atom stereocenters. The molecule has 0 bridgehead atoms. The van der Waals surface area contributed by atoms with Crippen molar-refractivity contribution in [1.82, 2.24) is 10.7 Å². The van der Waals surface area contributed by atoms with Crippen LogP contribution in [0.5, 0.6) is 0 Å². The first-order valence-corrected chi connectivity index (χ1v) is 6.03. The number of nitrogens with zero attached hydrogens (tertiary/aromatic N) is 1. The van der Waals surface area contributed by atoms with Crippen LogP contribution in [0.1, 0.15) is 46.0 Å². The van der Waals surface area contributed by atoms with E-state index in [0.29, 0.717) is 6.04 Å². The molecule has 0 saturated heterocycles. The fraction of sp³-hybridized carbons (Fsp3) is 0.909. The molecule has 0 aromatic rings. The van der Waals surface area contributed by atoms with E-state index in [4.69, 9.17) is 5.84 Å². The zero-order valence-corrected chi connectivity index (χ0v) is 9.92. The van der Waals surface area contributed by atoms with Crippen LogP contribution in [0.15, 0.2) is 4.99 Å².